The number of hydrogen-bond acceptors (Lipinski definition) is 1. The van der Waals surface area contributed by atoms with Gasteiger partial charge in [-0.3, -0.25) is 0 Å². The van der Waals surface area contributed by atoms with Gasteiger partial charge < -0.3 is 0 Å². The second-order valence-corrected chi connectivity index (χ2v) is 7.27. The largest absolute Gasteiger partial charge is 0.144 e. The van der Waals surface area contributed by atoms with Crippen LogP contribution in [0.4, 0.5) is 0 Å². The van der Waals surface area contributed by atoms with Gasteiger partial charge in [-0.2, -0.15) is 0 Å². The molecule has 0 aliphatic carbocycles. The van der Waals surface area contributed by atoms with E-state index in [1.807, 2.05) is 0 Å². The summed E-state index contributed by atoms with van der Waals surface area (Å²) in [6.07, 6.45) is 0. The standard InChI is InChI=1S/C25H20S/c1-19-14-16-22(17-15-19)24(20-9-4-2-5-10-20)25(23-13-8-18-26-23)21-11-6-3-7-12-21/h2-18H,1H3/b25-24-. The van der Waals surface area contributed by atoms with Gasteiger partial charge in [0.2, 0.25) is 0 Å². The average Bonchev–Trinajstić information content (AvgIpc) is 3.22. The first kappa shape index (κ1) is 16.6. The molecule has 0 N–H and O–H groups in total. The van der Waals surface area contributed by atoms with Crippen molar-refractivity contribution in [3.8, 4) is 0 Å². The third-order valence-electron chi connectivity index (χ3n) is 4.48. The van der Waals surface area contributed by atoms with Gasteiger partial charge in [-0.1, -0.05) is 96.6 Å². The van der Waals surface area contributed by atoms with Gasteiger partial charge in [0.05, 0.1) is 0 Å². The van der Waals surface area contributed by atoms with Crippen molar-refractivity contribution in [2.24, 2.45) is 0 Å². The van der Waals surface area contributed by atoms with Crippen molar-refractivity contribution in [2.45, 2.75) is 6.92 Å². The minimum atomic E-state index is 1.24. The highest BCUT2D eigenvalue weighted by Crippen LogP contribution is 2.38. The maximum Gasteiger partial charge on any atom is 0.0355 e. The molecule has 0 saturated carbocycles. The van der Waals surface area contributed by atoms with Crippen LogP contribution in [0.2, 0.25) is 0 Å². The Hall–Kier alpha value is -2.90. The lowest BCUT2D eigenvalue weighted by Crippen LogP contribution is -1.96. The normalized spacial score (nSPS) is 11.9. The van der Waals surface area contributed by atoms with Gasteiger partial charge in [0, 0.05) is 10.5 Å². The van der Waals surface area contributed by atoms with Gasteiger partial charge in [-0.15, -0.1) is 11.3 Å². The summed E-state index contributed by atoms with van der Waals surface area (Å²) in [7, 11) is 0. The Labute approximate surface area is 159 Å². The zero-order chi connectivity index (χ0) is 17.8. The molecule has 3 aromatic carbocycles. The molecule has 1 heterocycles. The van der Waals surface area contributed by atoms with Crippen molar-refractivity contribution >= 4 is 22.5 Å². The van der Waals surface area contributed by atoms with Gasteiger partial charge in [0.1, 0.15) is 0 Å². The van der Waals surface area contributed by atoms with Crippen LogP contribution in [0, 0.1) is 6.92 Å². The summed E-state index contributed by atoms with van der Waals surface area (Å²) in [6.45, 7) is 2.13. The molecule has 0 nitrogen and oxygen atoms in total. The predicted molar refractivity (Wildman–Crippen MR) is 113 cm³/mol. The molecule has 0 atom stereocenters. The Kier molecular flexibility index (Phi) is 4.81. The van der Waals surface area contributed by atoms with E-state index in [2.05, 4.69) is 109 Å². The van der Waals surface area contributed by atoms with E-state index in [-0.39, 0.29) is 0 Å². The van der Waals surface area contributed by atoms with Crippen LogP contribution in [0.3, 0.4) is 0 Å². The van der Waals surface area contributed by atoms with E-state index in [1.165, 1.54) is 38.3 Å². The molecule has 1 aromatic heterocycles. The first-order valence-electron chi connectivity index (χ1n) is 8.79. The molecule has 4 aromatic rings. The van der Waals surface area contributed by atoms with Crippen molar-refractivity contribution in [1.82, 2.24) is 0 Å². The number of thiophene rings is 1. The summed E-state index contributed by atoms with van der Waals surface area (Å²) < 4.78 is 0. The second kappa shape index (κ2) is 7.55. The van der Waals surface area contributed by atoms with E-state index in [4.69, 9.17) is 0 Å². The number of hydrogen-bond donors (Lipinski definition) is 0. The molecule has 0 fully saturated rings. The fraction of sp³-hybridized carbons (Fsp3) is 0.0400. The molecule has 4 rings (SSSR count). The molecular weight excluding hydrogens is 332 g/mol. The maximum atomic E-state index is 2.23. The minimum Gasteiger partial charge on any atom is -0.144 e. The molecule has 0 aliphatic heterocycles. The lowest BCUT2D eigenvalue weighted by Gasteiger charge is -2.17. The SMILES string of the molecule is Cc1ccc(/C(=C(/c2ccccc2)c2cccs2)c2ccccc2)cc1. The van der Waals surface area contributed by atoms with Crippen molar-refractivity contribution in [3.05, 3.63) is 130 Å². The molecule has 1 heteroatoms. The van der Waals surface area contributed by atoms with Crippen LogP contribution in [-0.2, 0) is 0 Å². The first-order chi connectivity index (χ1) is 12.8. The molecule has 0 amide bonds. The summed E-state index contributed by atoms with van der Waals surface area (Å²) in [5, 5.41) is 2.15. The molecule has 126 valence electrons. The molecule has 0 unspecified atom stereocenters. The van der Waals surface area contributed by atoms with E-state index in [9.17, 15) is 0 Å². The molecule has 26 heavy (non-hydrogen) atoms. The summed E-state index contributed by atoms with van der Waals surface area (Å²) in [5.41, 5.74) is 7.57. The second-order valence-electron chi connectivity index (χ2n) is 6.33. The number of benzene rings is 3. The topological polar surface area (TPSA) is 0 Å². The first-order valence-corrected chi connectivity index (χ1v) is 9.67. The lowest BCUT2D eigenvalue weighted by molar-refractivity contribution is 1.44. The third-order valence-corrected chi connectivity index (χ3v) is 5.37. The van der Waals surface area contributed by atoms with Gasteiger partial charge in [-0.25, -0.2) is 0 Å². The number of rotatable bonds is 4. The third kappa shape index (κ3) is 3.40. The lowest BCUT2D eigenvalue weighted by atomic mass is 9.88. The van der Waals surface area contributed by atoms with Gasteiger partial charge >= 0.3 is 0 Å². The van der Waals surface area contributed by atoms with Crippen LogP contribution in [0.15, 0.2) is 102 Å². The molecule has 0 saturated heterocycles. The van der Waals surface area contributed by atoms with E-state index in [0.29, 0.717) is 0 Å². The zero-order valence-corrected chi connectivity index (χ0v) is 15.5. The summed E-state index contributed by atoms with van der Waals surface area (Å²) in [5.74, 6) is 0. The molecule has 0 bridgehead atoms. The molecule has 0 aliphatic rings. The monoisotopic (exact) mass is 352 g/mol. The van der Waals surface area contributed by atoms with Crippen molar-refractivity contribution in [3.63, 3.8) is 0 Å². The molecule has 0 radical (unpaired) electrons. The van der Waals surface area contributed by atoms with Crippen molar-refractivity contribution in [1.29, 1.82) is 0 Å². The maximum absolute atomic E-state index is 2.23. The highest BCUT2D eigenvalue weighted by atomic mass is 32.1. The Bertz CT molecular complexity index is 993. The van der Waals surface area contributed by atoms with E-state index >= 15 is 0 Å². The van der Waals surface area contributed by atoms with Crippen LogP contribution in [0.5, 0.6) is 0 Å². The molecule has 0 spiro atoms. The zero-order valence-electron chi connectivity index (χ0n) is 14.7. The Morgan fingerprint density at radius 3 is 1.62 bits per heavy atom. The van der Waals surface area contributed by atoms with Crippen molar-refractivity contribution < 1.29 is 0 Å². The Morgan fingerprint density at radius 1 is 0.538 bits per heavy atom. The fourth-order valence-electron chi connectivity index (χ4n) is 3.22. The fourth-order valence-corrected chi connectivity index (χ4v) is 4.01. The van der Waals surface area contributed by atoms with Crippen LogP contribution in [0.1, 0.15) is 27.1 Å². The highest BCUT2D eigenvalue weighted by molar-refractivity contribution is 7.11. The smallest absolute Gasteiger partial charge is 0.0355 e. The summed E-state index contributed by atoms with van der Waals surface area (Å²) in [6, 6.07) is 34.6. The summed E-state index contributed by atoms with van der Waals surface area (Å²) in [4.78, 5) is 1.29. The minimum absolute atomic E-state index is 1.24. The van der Waals surface area contributed by atoms with Crippen molar-refractivity contribution in [2.75, 3.05) is 0 Å². The highest BCUT2D eigenvalue weighted by Gasteiger charge is 2.16. The van der Waals surface area contributed by atoms with Crippen LogP contribution in [-0.4, -0.2) is 0 Å². The number of aryl methyl sites for hydroxylation is 1. The average molecular weight is 353 g/mol. The van der Waals surface area contributed by atoms with E-state index in [1.54, 1.807) is 11.3 Å². The van der Waals surface area contributed by atoms with Gasteiger partial charge in [0.15, 0.2) is 0 Å². The van der Waals surface area contributed by atoms with Crippen LogP contribution < -0.4 is 0 Å². The van der Waals surface area contributed by atoms with E-state index < -0.39 is 0 Å². The van der Waals surface area contributed by atoms with Gasteiger partial charge in [0.25, 0.3) is 0 Å². The van der Waals surface area contributed by atoms with Gasteiger partial charge in [-0.05, 0) is 40.6 Å². The van der Waals surface area contributed by atoms with Crippen LogP contribution >= 0.6 is 11.3 Å². The van der Waals surface area contributed by atoms with Crippen LogP contribution in [0.25, 0.3) is 11.1 Å². The Morgan fingerprint density at radius 2 is 1.08 bits per heavy atom. The van der Waals surface area contributed by atoms with E-state index in [0.717, 1.165) is 0 Å². The molecular formula is C25H20S. The summed E-state index contributed by atoms with van der Waals surface area (Å²) >= 11 is 1.79. The predicted octanol–water partition coefficient (Wildman–Crippen LogP) is 7.06. The quantitative estimate of drug-likeness (QED) is 0.345. The Balaban J connectivity index is 2.07.